The van der Waals surface area contributed by atoms with Crippen LogP contribution in [0.4, 0.5) is 4.79 Å². The van der Waals surface area contributed by atoms with Crippen LogP contribution in [0, 0.1) is 5.92 Å². The van der Waals surface area contributed by atoms with Crippen molar-refractivity contribution in [3.63, 3.8) is 0 Å². The van der Waals surface area contributed by atoms with Crippen LogP contribution in [0.2, 0.25) is 25.7 Å². The summed E-state index contributed by atoms with van der Waals surface area (Å²) in [5.74, 6) is 0.564. The molecule has 0 saturated carbocycles. The van der Waals surface area contributed by atoms with E-state index in [1.807, 2.05) is 4.90 Å². The lowest BCUT2D eigenvalue weighted by molar-refractivity contribution is 0.0180. The lowest BCUT2D eigenvalue weighted by Gasteiger charge is -2.23. The molecule has 2 aliphatic rings. The second kappa shape index (κ2) is 14.3. The summed E-state index contributed by atoms with van der Waals surface area (Å²) < 4.78 is 21.2. The predicted octanol–water partition coefficient (Wildman–Crippen LogP) is 7.06. The summed E-state index contributed by atoms with van der Waals surface area (Å²) in [6, 6.07) is 7.51. The normalized spacial score (nSPS) is 16.9. The minimum Gasteiger partial charge on any atom is -0.508 e. The molecule has 48 heavy (non-hydrogen) atoms. The highest BCUT2D eigenvalue weighted by Crippen LogP contribution is 2.31. The third kappa shape index (κ3) is 9.29. The summed E-state index contributed by atoms with van der Waals surface area (Å²) in [7, 11) is -1.29. The topological polar surface area (TPSA) is 120 Å². The molecule has 12 heteroatoms. The Morgan fingerprint density at radius 2 is 1.98 bits per heavy atom. The Balaban J connectivity index is 1.44. The number of allylic oxidation sites excluding steroid dienone is 5. The molecular formula is C36H47N5O6Si. The van der Waals surface area contributed by atoms with Crippen LogP contribution in [-0.4, -0.2) is 70.1 Å². The molecule has 0 radical (unpaired) electrons. The van der Waals surface area contributed by atoms with Gasteiger partial charge in [-0.3, -0.25) is 9.48 Å². The largest absolute Gasteiger partial charge is 0.508 e. The van der Waals surface area contributed by atoms with E-state index in [1.54, 1.807) is 68.3 Å². The minimum absolute atomic E-state index is 0.0616. The smallest absolute Gasteiger partial charge is 0.419 e. The first-order valence-corrected chi connectivity index (χ1v) is 20.0. The number of phenolic OH excluding ortho intramolecular Hbond substituents is 1. The number of amides is 1. The lowest BCUT2D eigenvalue weighted by Crippen LogP contribution is -2.28. The third-order valence-corrected chi connectivity index (χ3v) is 9.45. The van der Waals surface area contributed by atoms with Crippen molar-refractivity contribution < 1.29 is 28.9 Å². The quantitative estimate of drug-likeness (QED) is 0.173. The molecule has 0 saturated heterocycles. The lowest BCUT2D eigenvalue weighted by atomic mass is 9.99. The Morgan fingerprint density at radius 3 is 2.69 bits per heavy atom. The van der Waals surface area contributed by atoms with E-state index in [9.17, 15) is 14.7 Å². The highest BCUT2D eigenvalue weighted by Gasteiger charge is 2.26. The van der Waals surface area contributed by atoms with Gasteiger partial charge in [0, 0.05) is 38.5 Å². The number of ether oxygens (including phenoxy) is 3. The van der Waals surface area contributed by atoms with Crippen molar-refractivity contribution in [2.75, 3.05) is 20.1 Å². The van der Waals surface area contributed by atoms with Crippen LogP contribution in [0.5, 0.6) is 5.75 Å². The molecule has 1 amide bonds. The number of aromatic nitrogens is 3. The molecular weight excluding hydrogens is 627 g/mol. The summed E-state index contributed by atoms with van der Waals surface area (Å²) in [4.78, 5) is 28.9. The van der Waals surface area contributed by atoms with Crippen molar-refractivity contribution in [2.45, 2.75) is 71.9 Å². The van der Waals surface area contributed by atoms with Gasteiger partial charge in [-0.25, -0.2) is 9.36 Å². The number of nitrogens with one attached hydrogen (secondary N) is 1. The molecule has 1 aliphatic heterocycles. The molecule has 1 aliphatic carbocycles. The summed E-state index contributed by atoms with van der Waals surface area (Å²) in [5.41, 5.74) is 2.18. The SMILES string of the molecule is CC1C=CC(Cn2cc(C(=O)NC3=CN(COCC[Si](C)(C)C)COC(c4cc5cc(O)ccc5n4C(=O)OC(C)(C)C)=C3)cn2)=CC1. The van der Waals surface area contributed by atoms with Crippen molar-refractivity contribution in [1.82, 2.24) is 24.6 Å². The highest BCUT2D eigenvalue weighted by molar-refractivity contribution is 6.76. The van der Waals surface area contributed by atoms with Crippen LogP contribution in [0.3, 0.4) is 0 Å². The molecule has 0 spiro atoms. The van der Waals surface area contributed by atoms with Crippen molar-refractivity contribution in [3.8, 4) is 5.75 Å². The number of phenols is 1. The number of carbonyl (C=O) groups is 2. The van der Waals surface area contributed by atoms with Gasteiger partial charge in [0.2, 0.25) is 0 Å². The van der Waals surface area contributed by atoms with Gasteiger partial charge in [0.1, 0.15) is 23.8 Å². The van der Waals surface area contributed by atoms with E-state index in [4.69, 9.17) is 14.2 Å². The van der Waals surface area contributed by atoms with Crippen molar-refractivity contribution in [2.24, 2.45) is 5.92 Å². The van der Waals surface area contributed by atoms with E-state index in [0.717, 1.165) is 18.0 Å². The number of nitrogens with zero attached hydrogens (tertiary/aromatic N) is 4. The molecule has 1 aromatic carbocycles. The molecule has 3 aromatic rings. The standard InChI is InChI=1S/C36H47N5O6Si/c1-25-8-10-26(11-9-25)20-40-21-28(19-37-40)34(43)38-29-18-33(46-24-39(22-29)23-45-14-15-48(5,6)7)32-17-27-16-30(42)12-13-31(27)41(32)35(44)47-36(2,3)4/h8,10-13,16-19,21-22,25,42H,9,14-15,20,23-24H2,1-7H3,(H,38,43). The molecule has 3 heterocycles. The number of benzene rings is 1. The Kier molecular flexibility index (Phi) is 10.3. The fourth-order valence-corrected chi connectivity index (χ4v) is 5.95. The summed E-state index contributed by atoms with van der Waals surface area (Å²) in [6.45, 7) is 16.0. The van der Waals surface area contributed by atoms with E-state index in [2.05, 4.69) is 55.2 Å². The van der Waals surface area contributed by atoms with Gasteiger partial charge in [-0.1, -0.05) is 44.8 Å². The second-order valence-corrected chi connectivity index (χ2v) is 20.2. The zero-order chi connectivity index (χ0) is 34.6. The summed E-state index contributed by atoms with van der Waals surface area (Å²) >= 11 is 0. The fraction of sp³-hybridized carbons (Fsp3) is 0.417. The van der Waals surface area contributed by atoms with Gasteiger partial charge in [-0.05, 0) is 69.0 Å². The maximum absolute atomic E-state index is 13.6. The number of rotatable bonds is 10. The zero-order valence-corrected chi connectivity index (χ0v) is 29.9. The van der Waals surface area contributed by atoms with Crippen LogP contribution >= 0.6 is 0 Å². The summed E-state index contributed by atoms with van der Waals surface area (Å²) in [6.07, 6.45) is 13.6. The number of carbonyl (C=O) groups excluding carboxylic acids is 2. The van der Waals surface area contributed by atoms with E-state index in [0.29, 0.717) is 52.7 Å². The van der Waals surface area contributed by atoms with E-state index < -0.39 is 19.8 Å². The first-order valence-electron chi connectivity index (χ1n) is 16.3. The average Bonchev–Trinajstić information content (AvgIpc) is 3.55. The number of aromatic hydroxyl groups is 1. The second-order valence-electron chi connectivity index (χ2n) is 14.6. The van der Waals surface area contributed by atoms with E-state index >= 15 is 0 Å². The summed E-state index contributed by atoms with van der Waals surface area (Å²) in [5, 5.41) is 18.2. The third-order valence-electron chi connectivity index (χ3n) is 7.75. The van der Waals surface area contributed by atoms with Crippen LogP contribution in [0.15, 0.2) is 78.4 Å². The zero-order valence-electron chi connectivity index (χ0n) is 28.9. The van der Waals surface area contributed by atoms with Crippen LogP contribution in [0.1, 0.15) is 50.2 Å². The van der Waals surface area contributed by atoms with Crippen molar-refractivity contribution in [3.05, 3.63) is 89.7 Å². The van der Waals surface area contributed by atoms with Crippen molar-refractivity contribution in [1.29, 1.82) is 0 Å². The van der Waals surface area contributed by atoms with Crippen LogP contribution in [0.25, 0.3) is 16.7 Å². The van der Waals surface area contributed by atoms with Gasteiger partial charge >= 0.3 is 6.09 Å². The Hall–Kier alpha value is -4.55. The van der Waals surface area contributed by atoms with Gasteiger partial charge in [0.05, 0.1) is 35.2 Å². The van der Waals surface area contributed by atoms with E-state index in [-0.39, 0.29) is 25.1 Å². The molecule has 0 fully saturated rings. The molecule has 0 bridgehead atoms. The highest BCUT2D eigenvalue weighted by atomic mass is 28.3. The average molecular weight is 674 g/mol. The number of fused-ring (bicyclic) bond motifs is 1. The maximum atomic E-state index is 13.6. The maximum Gasteiger partial charge on any atom is 0.419 e. The molecule has 5 rings (SSSR count). The van der Waals surface area contributed by atoms with Crippen LogP contribution in [-0.2, 0) is 20.8 Å². The van der Waals surface area contributed by atoms with Crippen molar-refractivity contribution >= 4 is 36.7 Å². The first kappa shape index (κ1) is 34.8. The monoisotopic (exact) mass is 673 g/mol. The van der Waals surface area contributed by atoms with E-state index in [1.165, 1.54) is 10.6 Å². The fourth-order valence-electron chi connectivity index (χ4n) is 5.19. The molecule has 2 N–H and O–H groups in total. The Morgan fingerprint density at radius 1 is 1.19 bits per heavy atom. The first-order chi connectivity index (χ1) is 22.6. The van der Waals surface area contributed by atoms with Crippen LogP contribution < -0.4 is 5.32 Å². The predicted molar refractivity (Wildman–Crippen MR) is 189 cm³/mol. The molecule has 256 valence electrons. The van der Waals surface area contributed by atoms with Gasteiger partial charge in [0.25, 0.3) is 5.91 Å². The minimum atomic E-state index is -1.29. The molecule has 2 aromatic heterocycles. The van der Waals surface area contributed by atoms with Gasteiger partial charge < -0.3 is 29.5 Å². The van der Waals surface area contributed by atoms with Gasteiger partial charge in [0.15, 0.2) is 6.73 Å². The Bertz CT molecular complexity index is 1790. The van der Waals surface area contributed by atoms with Gasteiger partial charge in [-0.15, -0.1) is 0 Å². The molecule has 1 unspecified atom stereocenters. The molecule has 11 nitrogen and oxygen atoms in total. The Labute approximate surface area is 283 Å². The number of hydrogen-bond donors (Lipinski definition) is 2. The van der Waals surface area contributed by atoms with Gasteiger partial charge in [-0.2, -0.15) is 5.10 Å². The molecule has 1 atom stereocenters. The number of hydrogen-bond acceptors (Lipinski definition) is 8.